The van der Waals surface area contributed by atoms with Gasteiger partial charge in [0.05, 0.1) is 26.8 Å². The molecule has 3 heterocycles. The van der Waals surface area contributed by atoms with E-state index in [1.807, 2.05) is 34.9 Å². The highest BCUT2D eigenvalue weighted by Gasteiger charge is 2.30. The molecular formula is C58H66N3S3+. The Hall–Kier alpha value is -4.49. The van der Waals surface area contributed by atoms with Crippen molar-refractivity contribution in [1.29, 1.82) is 0 Å². The third-order valence-corrected chi connectivity index (χ3v) is 16.5. The Balaban J connectivity index is 1.20. The van der Waals surface area contributed by atoms with Crippen molar-refractivity contribution in [2.75, 3.05) is 22.9 Å². The van der Waals surface area contributed by atoms with Crippen molar-refractivity contribution in [3.8, 4) is 0 Å². The van der Waals surface area contributed by atoms with Crippen molar-refractivity contribution in [3.05, 3.63) is 142 Å². The number of fused-ring (bicyclic) bond motifs is 9. The highest BCUT2D eigenvalue weighted by atomic mass is 32.2. The summed E-state index contributed by atoms with van der Waals surface area (Å²) in [4.78, 5) is 8.08. The summed E-state index contributed by atoms with van der Waals surface area (Å²) in [5.41, 5.74) is 5.42. The quantitative estimate of drug-likeness (QED) is 0.0525. The molecule has 7 aromatic rings. The Kier molecular flexibility index (Phi) is 15.1. The summed E-state index contributed by atoms with van der Waals surface area (Å²) in [5.74, 6) is 0. The largest absolute Gasteiger partial charge is 0.334 e. The van der Waals surface area contributed by atoms with Gasteiger partial charge in [-0.2, -0.15) is 4.57 Å². The number of anilines is 2. The van der Waals surface area contributed by atoms with E-state index in [9.17, 15) is 0 Å². The summed E-state index contributed by atoms with van der Waals surface area (Å²) in [6.07, 6.45) is 26.6. The zero-order chi connectivity index (χ0) is 43.7. The molecule has 6 heteroatoms. The number of allylic oxidation sites excluding steroid dienone is 3. The van der Waals surface area contributed by atoms with Crippen LogP contribution in [0, 0.1) is 0 Å². The summed E-state index contributed by atoms with van der Waals surface area (Å²) >= 11 is 5.88. The van der Waals surface area contributed by atoms with Gasteiger partial charge in [-0.1, -0.05) is 211 Å². The van der Waals surface area contributed by atoms with E-state index in [4.69, 9.17) is 0 Å². The minimum absolute atomic E-state index is 1.02. The molecule has 330 valence electrons. The van der Waals surface area contributed by atoms with Crippen LogP contribution in [0.3, 0.4) is 0 Å². The lowest BCUT2D eigenvalue weighted by atomic mass is 10.1. The first kappa shape index (κ1) is 44.7. The zero-order valence-corrected chi connectivity index (χ0v) is 40.9. The SMILES string of the molecule is CCCCCCCN1C(=CC(=Cc2sc3ccc4ccccc4c3[n+]2CCCCCCC)C=C2Sc3ccc4ccccc4c3N2CCCCCCC)Sc2ccc3ccccc3c21. The van der Waals surface area contributed by atoms with Gasteiger partial charge in [0.2, 0.25) is 5.52 Å². The molecule has 9 rings (SSSR count). The van der Waals surface area contributed by atoms with Gasteiger partial charge < -0.3 is 9.80 Å². The molecular weight excluding hydrogens is 835 g/mol. The van der Waals surface area contributed by atoms with Crippen molar-refractivity contribution in [2.24, 2.45) is 0 Å². The molecule has 0 saturated carbocycles. The molecule has 0 unspecified atom stereocenters. The lowest BCUT2D eigenvalue weighted by molar-refractivity contribution is -0.668. The third kappa shape index (κ3) is 9.86. The number of benzene rings is 6. The molecule has 0 N–H and O–H groups in total. The number of hydrogen-bond donors (Lipinski definition) is 0. The van der Waals surface area contributed by atoms with Gasteiger partial charge in [0.25, 0.3) is 5.01 Å². The molecule has 0 spiro atoms. The molecule has 1 aromatic heterocycles. The third-order valence-electron chi connectivity index (χ3n) is 13.2. The summed E-state index contributed by atoms with van der Waals surface area (Å²) in [7, 11) is 0. The molecule has 0 amide bonds. The van der Waals surface area contributed by atoms with Gasteiger partial charge in [-0.25, -0.2) is 0 Å². The second kappa shape index (κ2) is 21.7. The molecule has 0 fully saturated rings. The number of unbranched alkanes of at least 4 members (excludes halogenated alkanes) is 12. The highest BCUT2D eigenvalue weighted by Crippen LogP contribution is 2.52. The maximum atomic E-state index is 2.68. The molecule has 0 bridgehead atoms. The average molecular weight is 901 g/mol. The number of thioether (sulfide) groups is 2. The second-order valence-electron chi connectivity index (χ2n) is 17.9. The summed E-state index contributed by atoms with van der Waals surface area (Å²) in [5, 5.41) is 12.0. The van der Waals surface area contributed by atoms with Crippen LogP contribution in [0.15, 0.2) is 147 Å². The fraction of sp³-hybridized carbons (Fsp3) is 0.362. The first-order chi connectivity index (χ1) is 31.6. The van der Waals surface area contributed by atoms with Crippen LogP contribution in [0.1, 0.15) is 122 Å². The molecule has 2 aliphatic rings. The smallest absolute Gasteiger partial charge is 0.263 e. The fourth-order valence-electron chi connectivity index (χ4n) is 9.78. The summed E-state index contributed by atoms with van der Waals surface area (Å²) in [6, 6.07) is 41.1. The van der Waals surface area contributed by atoms with Gasteiger partial charge >= 0.3 is 0 Å². The van der Waals surface area contributed by atoms with Gasteiger partial charge in [-0.05, 0) is 77.4 Å². The number of aromatic nitrogens is 1. The van der Waals surface area contributed by atoms with Crippen molar-refractivity contribution in [1.82, 2.24) is 0 Å². The highest BCUT2D eigenvalue weighted by molar-refractivity contribution is 8.04. The lowest BCUT2D eigenvalue weighted by Crippen LogP contribution is -2.35. The van der Waals surface area contributed by atoms with Gasteiger partial charge in [0.15, 0.2) is 6.54 Å². The zero-order valence-electron chi connectivity index (χ0n) is 38.4. The van der Waals surface area contributed by atoms with Crippen LogP contribution in [-0.2, 0) is 6.54 Å². The molecule has 0 atom stereocenters. The fourth-order valence-corrected chi connectivity index (χ4v) is 13.3. The number of thiazole rings is 1. The number of hydrogen-bond acceptors (Lipinski definition) is 5. The van der Waals surface area contributed by atoms with Crippen molar-refractivity contribution in [3.63, 3.8) is 0 Å². The van der Waals surface area contributed by atoms with Gasteiger partial charge in [-0.3, -0.25) is 0 Å². The van der Waals surface area contributed by atoms with E-state index in [2.05, 4.69) is 163 Å². The van der Waals surface area contributed by atoms with E-state index in [1.165, 1.54) is 181 Å². The predicted molar refractivity (Wildman–Crippen MR) is 284 cm³/mol. The Labute approximate surface area is 395 Å². The predicted octanol–water partition coefficient (Wildman–Crippen LogP) is 17.9. The monoisotopic (exact) mass is 900 g/mol. The normalized spacial score (nSPS) is 14.9. The van der Waals surface area contributed by atoms with Gasteiger partial charge in [0.1, 0.15) is 4.70 Å². The molecule has 0 radical (unpaired) electrons. The van der Waals surface area contributed by atoms with E-state index in [0.29, 0.717) is 0 Å². The Bertz CT molecular complexity index is 2690. The lowest BCUT2D eigenvalue weighted by Gasteiger charge is -2.23. The van der Waals surface area contributed by atoms with Crippen LogP contribution in [0.4, 0.5) is 11.4 Å². The minimum Gasteiger partial charge on any atom is -0.334 e. The second-order valence-corrected chi connectivity index (χ2v) is 21.0. The standard InChI is InChI=1S/C58H66N3S3/c1-4-7-10-13-22-37-59-53(62-50-34-31-44-25-16-19-28-47(44)56(50)59)40-43(41-54-60(38-23-14-11-8-5-2)57-48-29-20-17-26-45(48)32-35-51(57)63-54)42-55-61(39-24-15-12-9-6-3)58-49-30-21-18-27-46(49)33-36-52(58)64-55/h16-21,25-36,40-42H,4-15,22-24,37-39H2,1-3H3/q+1. The maximum absolute atomic E-state index is 2.68. The Morgan fingerprint density at radius 2 is 0.938 bits per heavy atom. The van der Waals surface area contributed by atoms with Crippen LogP contribution in [0.2, 0.25) is 0 Å². The first-order valence-electron chi connectivity index (χ1n) is 24.6. The molecule has 2 aliphatic heterocycles. The average Bonchev–Trinajstić information content (AvgIpc) is 3.99. The van der Waals surface area contributed by atoms with Crippen molar-refractivity contribution >= 4 is 94.8 Å². The summed E-state index contributed by atoms with van der Waals surface area (Å²) in [6.45, 7) is 10.0. The van der Waals surface area contributed by atoms with Crippen LogP contribution in [-0.4, -0.2) is 13.1 Å². The minimum atomic E-state index is 1.02. The number of rotatable bonds is 21. The van der Waals surface area contributed by atoms with Crippen molar-refractivity contribution < 1.29 is 4.57 Å². The van der Waals surface area contributed by atoms with Crippen LogP contribution < -0.4 is 14.4 Å². The topological polar surface area (TPSA) is 10.4 Å². The first-order valence-corrected chi connectivity index (χ1v) is 27.0. The van der Waals surface area contributed by atoms with Crippen LogP contribution in [0.25, 0.3) is 48.6 Å². The molecule has 3 nitrogen and oxygen atoms in total. The van der Waals surface area contributed by atoms with E-state index in [-0.39, 0.29) is 0 Å². The van der Waals surface area contributed by atoms with Crippen LogP contribution in [0.5, 0.6) is 0 Å². The van der Waals surface area contributed by atoms with E-state index in [1.54, 1.807) is 0 Å². The van der Waals surface area contributed by atoms with Crippen molar-refractivity contribution in [2.45, 2.75) is 133 Å². The van der Waals surface area contributed by atoms with E-state index in [0.717, 1.165) is 19.6 Å². The van der Waals surface area contributed by atoms with E-state index < -0.39 is 0 Å². The number of aryl methyl sites for hydroxylation is 1. The Morgan fingerprint density at radius 1 is 0.484 bits per heavy atom. The van der Waals surface area contributed by atoms with E-state index >= 15 is 0 Å². The Morgan fingerprint density at radius 3 is 1.47 bits per heavy atom. The summed E-state index contributed by atoms with van der Waals surface area (Å²) < 4.78 is 4.04. The van der Waals surface area contributed by atoms with Gasteiger partial charge in [-0.15, -0.1) is 0 Å². The number of nitrogens with zero attached hydrogens (tertiary/aromatic N) is 3. The molecule has 6 aromatic carbocycles. The maximum Gasteiger partial charge on any atom is 0.263 e. The van der Waals surface area contributed by atoms with Gasteiger partial charge in [0, 0.05) is 46.1 Å². The molecule has 0 aliphatic carbocycles. The molecule has 0 saturated heterocycles. The van der Waals surface area contributed by atoms with Crippen LogP contribution >= 0.6 is 34.9 Å². The molecule has 64 heavy (non-hydrogen) atoms.